The minimum Gasteiger partial charge on any atom is -0.385 e. The number of hydrogen-bond acceptors (Lipinski definition) is 6. The van der Waals surface area contributed by atoms with E-state index in [-0.39, 0.29) is 5.54 Å². The molecular weight excluding hydrogens is 546 g/mol. The van der Waals surface area contributed by atoms with E-state index in [0.29, 0.717) is 17.4 Å². The van der Waals surface area contributed by atoms with Gasteiger partial charge in [0.1, 0.15) is 0 Å². The van der Waals surface area contributed by atoms with Gasteiger partial charge in [-0.3, -0.25) is 4.90 Å². The maximum absolute atomic E-state index is 5.55. The van der Waals surface area contributed by atoms with E-state index in [0.717, 1.165) is 57.3 Å². The fraction of sp³-hybridized carbons (Fsp3) is 0.947. The molecule has 1 spiro atoms. The lowest BCUT2D eigenvalue weighted by atomic mass is 9.75. The monoisotopic (exact) mass is 628 g/mol. The van der Waals surface area contributed by atoms with Crippen molar-refractivity contribution in [2.45, 2.75) is 139 Å². The van der Waals surface area contributed by atoms with Crippen LogP contribution in [0, 0.1) is 23.2 Å². The summed E-state index contributed by atoms with van der Waals surface area (Å²) in [6, 6.07) is 1.43. The summed E-state index contributed by atoms with van der Waals surface area (Å²) in [5.74, 6) is 2.32. The normalized spacial score (nSPS) is 28.0. The molecule has 266 valence electrons. The van der Waals surface area contributed by atoms with Crippen molar-refractivity contribution in [2.24, 2.45) is 23.2 Å². The van der Waals surface area contributed by atoms with Crippen molar-refractivity contribution in [3.63, 3.8) is 0 Å². The minimum absolute atomic E-state index is 0.258. The van der Waals surface area contributed by atoms with E-state index in [4.69, 9.17) is 14.2 Å². The number of rotatable bonds is 7. The Balaban J connectivity index is 0. The van der Waals surface area contributed by atoms with Crippen molar-refractivity contribution in [1.29, 1.82) is 0 Å². The summed E-state index contributed by atoms with van der Waals surface area (Å²) < 4.78 is 15.7. The molecule has 0 aromatic carbocycles. The Morgan fingerprint density at radius 1 is 1.00 bits per heavy atom. The topological polar surface area (TPSA) is 46.2 Å². The van der Waals surface area contributed by atoms with Crippen molar-refractivity contribution in [3.05, 3.63) is 11.6 Å². The molecule has 0 aliphatic carbocycles. The van der Waals surface area contributed by atoms with Gasteiger partial charge in [-0.25, -0.2) is 0 Å². The first-order valence-electron chi connectivity index (χ1n) is 18.3. The lowest BCUT2D eigenvalue weighted by molar-refractivity contribution is 0.117. The Labute approximate surface area is 277 Å². The summed E-state index contributed by atoms with van der Waals surface area (Å²) in [7, 11) is 8.01. The van der Waals surface area contributed by atoms with E-state index in [1.54, 1.807) is 19.8 Å². The van der Waals surface area contributed by atoms with Gasteiger partial charge in [0.15, 0.2) is 0 Å². The molecule has 0 amide bonds. The number of nitrogens with one attached hydrogen (secondary N) is 1. The standard InChI is InChI=1S/C12H25NO.C11H19NO.C8H17NO.C3H8.2C2H6/c1-12(2,3)10-6-8-13(4)11(10)7-9-14-5;1-9(2)10-4-6-12(3)11(10)5-7-13-8-11;1-7-3-5-9-8(7)4-6-10-2;1-3-2;2*1-2/h10-11H,6-9H2,1-5H3;4,9H,5-8H2,1-3H3;7-9H,3-6H2,1-2H3;3H2,1-2H3;2*1-2H3. The number of ether oxygens (including phenoxy) is 3. The molecule has 5 unspecified atom stereocenters. The van der Waals surface area contributed by atoms with Gasteiger partial charge in [-0.1, -0.05) is 95.6 Å². The molecule has 0 aromatic rings. The van der Waals surface area contributed by atoms with Gasteiger partial charge in [-0.2, -0.15) is 0 Å². The molecule has 4 aliphatic heterocycles. The van der Waals surface area contributed by atoms with Gasteiger partial charge in [0, 0.05) is 52.7 Å². The van der Waals surface area contributed by atoms with Gasteiger partial charge >= 0.3 is 0 Å². The summed E-state index contributed by atoms with van der Waals surface area (Å²) in [6.07, 6.45) is 9.82. The van der Waals surface area contributed by atoms with E-state index in [9.17, 15) is 0 Å². The van der Waals surface area contributed by atoms with Crippen LogP contribution in [0.3, 0.4) is 0 Å². The molecule has 4 rings (SSSR count). The molecular formula is C38H81N3O3. The predicted molar refractivity (Wildman–Crippen MR) is 195 cm³/mol. The minimum atomic E-state index is 0.258. The van der Waals surface area contributed by atoms with E-state index >= 15 is 0 Å². The van der Waals surface area contributed by atoms with Gasteiger partial charge < -0.3 is 24.4 Å². The molecule has 6 heteroatoms. The summed E-state index contributed by atoms with van der Waals surface area (Å²) in [5.41, 5.74) is 2.28. The smallest absolute Gasteiger partial charge is 0.0690 e. The molecule has 0 saturated carbocycles. The van der Waals surface area contributed by atoms with Crippen LogP contribution < -0.4 is 5.32 Å². The average molecular weight is 628 g/mol. The largest absolute Gasteiger partial charge is 0.385 e. The molecule has 1 N–H and O–H groups in total. The lowest BCUT2D eigenvalue weighted by Gasteiger charge is -2.35. The number of hydrogen-bond donors (Lipinski definition) is 1. The molecule has 0 radical (unpaired) electrons. The number of likely N-dealkylation sites (tertiary alicyclic amines) is 1. The van der Waals surface area contributed by atoms with Crippen molar-refractivity contribution < 1.29 is 14.2 Å². The first-order chi connectivity index (χ1) is 20.9. The summed E-state index contributed by atoms with van der Waals surface area (Å²) in [4.78, 5) is 4.93. The van der Waals surface area contributed by atoms with Crippen LogP contribution in [-0.4, -0.2) is 102 Å². The summed E-state index contributed by atoms with van der Waals surface area (Å²) >= 11 is 0. The highest BCUT2D eigenvalue weighted by atomic mass is 16.5. The van der Waals surface area contributed by atoms with Crippen molar-refractivity contribution in [3.8, 4) is 0 Å². The van der Waals surface area contributed by atoms with Crippen LogP contribution in [0.2, 0.25) is 0 Å². The van der Waals surface area contributed by atoms with Crippen LogP contribution in [0.25, 0.3) is 0 Å². The highest BCUT2D eigenvalue weighted by Gasteiger charge is 2.45. The third kappa shape index (κ3) is 15.4. The molecule has 0 aromatic heterocycles. The first-order valence-corrected chi connectivity index (χ1v) is 18.3. The van der Waals surface area contributed by atoms with Crippen LogP contribution in [-0.2, 0) is 14.2 Å². The first kappa shape index (κ1) is 45.6. The van der Waals surface area contributed by atoms with E-state index in [2.05, 4.69) is 90.7 Å². The molecule has 3 saturated heterocycles. The van der Waals surface area contributed by atoms with E-state index < -0.39 is 0 Å². The zero-order chi connectivity index (χ0) is 34.3. The highest BCUT2D eigenvalue weighted by molar-refractivity contribution is 5.29. The maximum atomic E-state index is 5.55. The number of nitrogens with zero attached hydrogens (tertiary/aromatic N) is 2. The van der Waals surface area contributed by atoms with Crippen molar-refractivity contribution in [1.82, 2.24) is 15.1 Å². The Kier molecular flexibility index (Phi) is 26.5. The zero-order valence-electron chi connectivity index (χ0n) is 32.8. The molecule has 6 nitrogen and oxygen atoms in total. The van der Waals surface area contributed by atoms with Crippen LogP contribution in [0.5, 0.6) is 0 Å². The second kappa shape index (κ2) is 25.6. The van der Waals surface area contributed by atoms with E-state index in [1.165, 1.54) is 45.2 Å². The average Bonchev–Trinajstić information content (AvgIpc) is 3.79. The Hall–Kier alpha value is -0.500. The Morgan fingerprint density at radius 2 is 1.57 bits per heavy atom. The molecule has 3 fully saturated rings. The summed E-state index contributed by atoms with van der Waals surface area (Å²) in [5, 5.41) is 3.46. The molecule has 4 aliphatic rings. The van der Waals surface area contributed by atoms with Crippen LogP contribution >= 0.6 is 0 Å². The third-order valence-corrected chi connectivity index (χ3v) is 9.36. The molecule has 44 heavy (non-hydrogen) atoms. The third-order valence-electron chi connectivity index (χ3n) is 9.36. The zero-order valence-corrected chi connectivity index (χ0v) is 32.8. The maximum Gasteiger partial charge on any atom is 0.0690 e. The van der Waals surface area contributed by atoms with Gasteiger partial charge in [0.25, 0.3) is 0 Å². The van der Waals surface area contributed by atoms with Gasteiger partial charge in [-0.05, 0) is 88.0 Å². The predicted octanol–water partition coefficient (Wildman–Crippen LogP) is 8.55. The van der Waals surface area contributed by atoms with E-state index in [1.807, 2.05) is 27.7 Å². The van der Waals surface area contributed by atoms with Gasteiger partial charge in [0.05, 0.1) is 12.1 Å². The second-order valence-electron chi connectivity index (χ2n) is 13.9. The number of likely N-dealkylation sites (N-methyl/N-ethyl adjacent to an activating group) is 1. The Bertz CT molecular complexity index is 685. The molecule has 0 bridgehead atoms. The second-order valence-corrected chi connectivity index (χ2v) is 13.9. The van der Waals surface area contributed by atoms with Crippen LogP contribution in [0.15, 0.2) is 11.6 Å². The number of methoxy groups -OCH3 is 2. The fourth-order valence-electron chi connectivity index (χ4n) is 6.88. The highest BCUT2D eigenvalue weighted by Crippen LogP contribution is 2.40. The lowest BCUT2D eigenvalue weighted by Crippen LogP contribution is -2.45. The SMILES string of the molecule is CC.CC.CC(C)C1=CCN(C)C12CCOC2.CCC.COCCC1C(C(C)(C)C)CCN1C.COCCC1NCCC1C. The van der Waals surface area contributed by atoms with Gasteiger partial charge in [-0.15, -0.1) is 0 Å². The fourth-order valence-corrected chi connectivity index (χ4v) is 6.88. The summed E-state index contributed by atoms with van der Waals surface area (Å²) in [6.45, 7) is 33.3. The van der Waals surface area contributed by atoms with Crippen LogP contribution in [0.1, 0.15) is 122 Å². The Morgan fingerprint density at radius 3 is 2.00 bits per heavy atom. The van der Waals surface area contributed by atoms with Gasteiger partial charge in [0.2, 0.25) is 0 Å². The molecule has 5 atom stereocenters. The van der Waals surface area contributed by atoms with Crippen molar-refractivity contribution in [2.75, 3.05) is 74.4 Å². The van der Waals surface area contributed by atoms with Crippen LogP contribution in [0.4, 0.5) is 0 Å². The quantitative estimate of drug-likeness (QED) is 0.286. The van der Waals surface area contributed by atoms with Crippen molar-refractivity contribution >= 4 is 0 Å². The molecule has 4 heterocycles.